The number of rotatable bonds is 9. The predicted octanol–water partition coefficient (Wildman–Crippen LogP) is 3.10. The molecule has 0 spiro atoms. The van der Waals surface area contributed by atoms with Gasteiger partial charge >= 0.3 is 5.97 Å². The Labute approximate surface area is 202 Å². The SMILES string of the molecule is Nc1nccc2ccc(OC[C@@H](CCC(=O)O)NC(=O)c3ccc(C(=O)N4CCCC4)cc3)cc12. The number of nitrogens with one attached hydrogen (secondary N) is 1. The fourth-order valence-electron chi connectivity index (χ4n) is 4.09. The first-order valence-corrected chi connectivity index (χ1v) is 11.6. The van der Waals surface area contributed by atoms with Crippen LogP contribution in [0.15, 0.2) is 54.7 Å². The summed E-state index contributed by atoms with van der Waals surface area (Å²) in [6, 6.07) is 13.2. The summed E-state index contributed by atoms with van der Waals surface area (Å²) in [5.41, 5.74) is 6.87. The van der Waals surface area contributed by atoms with Crippen LogP contribution in [0.25, 0.3) is 10.8 Å². The lowest BCUT2D eigenvalue weighted by Crippen LogP contribution is -2.39. The van der Waals surface area contributed by atoms with E-state index in [4.69, 9.17) is 15.6 Å². The largest absolute Gasteiger partial charge is 0.491 e. The van der Waals surface area contributed by atoms with E-state index in [0.29, 0.717) is 22.7 Å². The van der Waals surface area contributed by atoms with Crippen LogP contribution in [0.5, 0.6) is 5.75 Å². The zero-order valence-corrected chi connectivity index (χ0v) is 19.3. The van der Waals surface area contributed by atoms with Gasteiger partial charge in [0.25, 0.3) is 11.8 Å². The molecular formula is C26H28N4O5. The van der Waals surface area contributed by atoms with E-state index in [0.717, 1.165) is 36.7 Å². The number of benzene rings is 2. The Hall–Kier alpha value is -4.14. The van der Waals surface area contributed by atoms with Crippen LogP contribution in [0.2, 0.25) is 0 Å². The van der Waals surface area contributed by atoms with E-state index >= 15 is 0 Å². The number of carbonyl (C=O) groups excluding carboxylic acids is 2. The van der Waals surface area contributed by atoms with Crippen LogP contribution in [0, 0.1) is 0 Å². The van der Waals surface area contributed by atoms with Gasteiger partial charge in [0.05, 0.1) is 6.04 Å². The van der Waals surface area contributed by atoms with Gasteiger partial charge in [-0.05, 0) is 67.1 Å². The number of nitrogen functional groups attached to an aromatic ring is 1. The molecule has 0 aliphatic carbocycles. The smallest absolute Gasteiger partial charge is 0.303 e. The van der Waals surface area contributed by atoms with Crippen molar-refractivity contribution in [2.75, 3.05) is 25.4 Å². The van der Waals surface area contributed by atoms with Crippen molar-refractivity contribution in [3.8, 4) is 5.75 Å². The molecule has 1 aromatic heterocycles. The lowest BCUT2D eigenvalue weighted by molar-refractivity contribution is -0.137. The predicted molar refractivity (Wildman–Crippen MR) is 131 cm³/mol. The molecule has 2 heterocycles. The number of hydrogen-bond donors (Lipinski definition) is 3. The number of aliphatic carboxylic acids is 1. The van der Waals surface area contributed by atoms with E-state index in [1.807, 2.05) is 17.0 Å². The van der Waals surface area contributed by atoms with Crippen molar-refractivity contribution in [3.63, 3.8) is 0 Å². The number of carboxylic acid groups (broad SMARTS) is 1. The van der Waals surface area contributed by atoms with Gasteiger partial charge in [-0.2, -0.15) is 0 Å². The molecule has 0 radical (unpaired) electrons. The number of anilines is 1. The molecule has 4 N–H and O–H groups in total. The number of aromatic nitrogens is 1. The Morgan fingerprint density at radius 1 is 1.06 bits per heavy atom. The highest BCUT2D eigenvalue weighted by Gasteiger charge is 2.20. The molecule has 2 amide bonds. The second kappa shape index (κ2) is 10.9. The van der Waals surface area contributed by atoms with Crippen molar-refractivity contribution in [1.29, 1.82) is 0 Å². The summed E-state index contributed by atoms with van der Waals surface area (Å²) in [6.45, 7) is 1.59. The van der Waals surface area contributed by atoms with Gasteiger partial charge in [-0.1, -0.05) is 6.07 Å². The topological polar surface area (TPSA) is 135 Å². The minimum atomic E-state index is -0.960. The highest BCUT2D eigenvalue weighted by Crippen LogP contribution is 2.24. The summed E-state index contributed by atoms with van der Waals surface area (Å²) in [6.07, 6.45) is 3.73. The van der Waals surface area contributed by atoms with Gasteiger partial charge in [-0.3, -0.25) is 14.4 Å². The fourth-order valence-corrected chi connectivity index (χ4v) is 4.09. The van der Waals surface area contributed by atoms with Crippen molar-refractivity contribution in [3.05, 3.63) is 65.9 Å². The number of nitrogens with two attached hydrogens (primary N) is 1. The molecule has 2 aromatic carbocycles. The lowest BCUT2D eigenvalue weighted by Gasteiger charge is -2.19. The van der Waals surface area contributed by atoms with Crippen LogP contribution < -0.4 is 15.8 Å². The molecule has 0 bridgehead atoms. The number of pyridine rings is 1. The van der Waals surface area contributed by atoms with Gasteiger partial charge in [0.2, 0.25) is 0 Å². The first-order chi connectivity index (χ1) is 16.9. The molecule has 9 heteroatoms. The first kappa shape index (κ1) is 24.0. The third kappa shape index (κ3) is 6.06. The summed E-state index contributed by atoms with van der Waals surface area (Å²) >= 11 is 0. The molecule has 182 valence electrons. The normalized spacial score (nSPS) is 14.0. The van der Waals surface area contributed by atoms with Gasteiger partial charge in [-0.25, -0.2) is 4.98 Å². The molecule has 3 aromatic rings. The molecular weight excluding hydrogens is 448 g/mol. The van der Waals surface area contributed by atoms with Crippen molar-refractivity contribution >= 4 is 34.4 Å². The maximum absolute atomic E-state index is 12.8. The summed E-state index contributed by atoms with van der Waals surface area (Å²) < 4.78 is 5.87. The average molecular weight is 477 g/mol. The van der Waals surface area contributed by atoms with Crippen LogP contribution in [-0.2, 0) is 4.79 Å². The Bertz CT molecular complexity index is 1220. The van der Waals surface area contributed by atoms with E-state index in [2.05, 4.69) is 10.3 Å². The van der Waals surface area contributed by atoms with E-state index in [1.54, 1.807) is 42.6 Å². The van der Waals surface area contributed by atoms with Crippen molar-refractivity contribution in [2.45, 2.75) is 31.7 Å². The molecule has 4 rings (SSSR count). The zero-order chi connectivity index (χ0) is 24.8. The number of carbonyl (C=O) groups is 3. The highest BCUT2D eigenvalue weighted by molar-refractivity contribution is 5.98. The van der Waals surface area contributed by atoms with E-state index in [9.17, 15) is 14.4 Å². The number of hydrogen-bond acceptors (Lipinski definition) is 6. The number of carboxylic acids is 1. The van der Waals surface area contributed by atoms with Crippen LogP contribution >= 0.6 is 0 Å². The highest BCUT2D eigenvalue weighted by atomic mass is 16.5. The summed E-state index contributed by atoms with van der Waals surface area (Å²) in [4.78, 5) is 42.4. The van der Waals surface area contributed by atoms with Crippen LogP contribution in [-0.4, -0.2) is 58.5 Å². The third-order valence-corrected chi connectivity index (χ3v) is 6.05. The molecule has 9 nitrogen and oxygen atoms in total. The minimum absolute atomic E-state index is 0.0339. The van der Waals surface area contributed by atoms with Crippen molar-refractivity contribution < 1.29 is 24.2 Å². The van der Waals surface area contributed by atoms with E-state index in [-0.39, 0.29) is 31.3 Å². The minimum Gasteiger partial charge on any atom is -0.491 e. The molecule has 1 fully saturated rings. The second-order valence-electron chi connectivity index (χ2n) is 8.57. The maximum Gasteiger partial charge on any atom is 0.303 e. The lowest BCUT2D eigenvalue weighted by atomic mass is 10.1. The van der Waals surface area contributed by atoms with E-state index < -0.39 is 12.0 Å². The summed E-state index contributed by atoms with van der Waals surface area (Å²) in [5, 5.41) is 13.6. The Balaban J connectivity index is 1.41. The Morgan fingerprint density at radius 2 is 1.77 bits per heavy atom. The fraction of sp³-hybridized carbons (Fsp3) is 0.308. The number of amides is 2. The van der Waals surface area contributed by atoms with Crippen LogP contribution in [0.1, 0.15) is 46.4 Å². The van der Waals surface area contributed by atoms with Gasteiger partial charge in [0.1, 0.15) is 18.2 Å². The monoisotopic (exact) mass is 476 g/mol. The average Bonchev–Trinajstić information content (AvgIpc) is 3.40. The zero-order valence-electron chi connectivity index (χ0n) is 19.3. The van der Waals surface area contributed by atoms with Gasteiger partial charge in [-0.15, -0.1) is 0 Å². The molecule has 0 unspecified atom stereocenters. The first-order valence-electron chi connectivity index (χ1n) is 11.6. The number of likely N-dealkylation sites (tertiary alicyclic amines) is 1. The van der Waals surface area contributed by atoms with Gasteiger partial charge < -0.3 is 25.8 Å². The van der Waals surface area contributed by atoms with Gasteiger partial charge in [0.15, 0.2) is 0 Å². The quantitative estimate of drug-likeness (QED) is 0.432. The molecule has 1 saturated heterocycles. The van der Waals surface area contributed by atoms with Crippen LogP contribution in [0.4, 0.5) is 5.82 Å². The Kier molecular flexibility index (Phi) is 7.45. The maximum atomic E-state index is 12.8. The molecule has 1 atom stereocenters. The second-order valence-corrected chi connectivity index (χ2v) is 8.57. The number of nitrogens with zero attached hydrogens (tertiary/aromatic N) is 2. The Morgan fingerprint density at radius 3 is 2.49 bits per heavy atom. The third-order valence-electron chi connectivity index (χ3n) is 6.05. The molecule has 0 saturated carbocycles. The number of ether oxygens (including phenoxy) is 1. The van der Waals surface area contributed by atoms with Gasteiger partial charge in [0, 0.05) is 42.2 Å². The van der Waals surface area contributed by atoms with Crippen LogP contribution in [0.3, 0.4) is 0 Å². The number of fused-ring (bicyclic) bond motifs is 1. The van der Waals surface area contributed by atoms with E-state index in [1.165, 1.54) is 0 Å². The van der Waals surface area contributed by atoms with Crippen molar-refractivity contribution in [1.82, 2.24) is 15.2 Å². The molecule has 35 heavy (non-hydrogen) atoms. The summed E-state index contributed by atoms with van der Waals surface area (Å²) in [5.74, 6) is -0.435. The summed E-state index contributed by atoms with van der Waals surface area (Å²) in [7, 11) is 0. The standard InChI is InChI=1S/C26H28N4O5/c27-24-22-15-21(9-7-17(22)11-12-28-24)35-16-20(8-10-23(31)32)29-25(33)18-3-5-19(6-4-18)26(34)30-13-1-2-14-30/h3-7,9,11-12,15,20H,1-2,8,10,13-14,16H2,(H2,27,28)(H,29,33)(H,31,32)/t20-/m1/s1. The molecule has 1 aliphatic heterocycles. The van der Waals surface area contributed by atoms with Crippen molar-refractivity contribution in [2.24, 2.45) is 0 Å². The molecule has 1 aliphatic rings.